The molecule has 1 heterocycles. The van der Waals surface area contributed by atoms with Crippen molar-refractivity contribution >= 4 is 17.6 Å². The highest BCUT2D eigenvalue weighted by Crippen LogP contribution is 1.99. The maximum Gasteiger partial charge on any atom is 0.221 e. The van der Waals surface area contributed by atoms with Gasteiger partial charge in [-0.15, -0.1) is 0 Å². The van der Waals surface area contributed by atoms with Crippen LogP contribution in [0, 0.1) is 0 Å². The number of aliphatic imine (C=N–C) groups is 1. The molecule has 1 atom stereocenters. The molecular formula is C14H23N6O2+. The van der Waals surface area contributed by atoms with Gasteiger partial charge in [0.25, 0.3) is 0 Å². The molecule has 0 unspecified atom stereocenters. The number of Topliss-reactive ketones (excluding diaryl/α,β-unsaturated/α-hetero) is 1. The zero-order valence-corrected chi connectivity index (χ0v) is 12.4. The van der Waals surface area contributed by atoms with Crippen molar-refractivity contribution in [2.75, 3.05) is 6.54 Å². The summed E-state index contributed by atoms with van der Waals surface area (Å²) < 4.78 is 1.71. The standard InChI is InChI=1S/C14H22N6O2/c15-11(2-1-5-19-14(17)18)12(21)9-20-6-3-10(4-7-20)8-13(16)22/h3-4,6-7,11H,1-2,5,8-9,15H2,(H5-,16,17,18,19,22)/p+1/t11-/m0/s1. The van der Waals surface area contributed by atoms with Gasteiger partial charge in [-0.2, -0.15) is 4.57 Å². The number of guanidine groups is 1. The van der Waals surface area contributed by atoms with Crippen molar-refractivity contribution in [3.05, 3.63) is 30.1 Å². The Hall–Kier alpha value is -2.48. The fraction of sp³-hybridized carbons (Fsp3) is 0.429. The van der Waals surface area contributed by atoms with Gasteiger partial charge in [-0.25, -0.2) is 0 Å². The fourth-order valence-corrected chi connectivity index (χ4v) is 1.89. The van der Waals surface area contributed by atoms with E-state index in [1.165, 1.54) is 0 Å². The number of nitrogens with two attached hydrogens (primary N) is 4. The van der Waals surface area contributed by atoms with Gasteiger partial charge in [0.15, 0.2) is 18.4 Å². The Kier molecular flexibility index (Phi) is 6.97. The molecule has 1 aromatic heterocycles. The molecular weight excluding hydrogens is 284 g/mol. The Morgan fingerprint density at radius 1 is 1.18 bits per heavy atom. The van der Waals surface area contributed by atoms with Crippen LogP contribution in [0.3, 0.4) is 0 Å². The minimum absolute atomic E-state index is 0.0338. The van der Waals surface area contributed by atoms with Crippen LogP contribution in [0.25, 0.3) is 0 Å². The molecule has 8 nitrogen and oxygen atoms in total. The van der Waals surface area contributed by atoms with Gasteiger partial charge in [0.1, 0.15) is 0 Å². The van der Waals surface area contributed by atoms with Crippen LogP contribution in [0.15, 0.2) is 29.5 Å². The van der Waals surface area contributed by atoms with Gasteiger partial charge in [-0.3, -0.25) is 14.6 Å². The lowest BCUT2D eigenvalue weighted by Gasteiger charge is -2.07. The minimum Gasteiger partial charge on any atom is -0.370 e. The normalized spacial score (nSPS) is 11.7. The largest absolute Gasteiger partial charge is 0.370 e. The Morgan fingerprint density at radius 2 is 1.82 bits per heavy atom. The van der Waals surface area contributed by atoms with Crippen molar-refractivity contribution in [3.63, 3.8) is 0 Å². The van der Waals surface area contributed by atoms with Gasteiger partial charge < -0.3 is 22.9 Å². The van der Waals surface area contributed by atoms with E-state index in [1.807, 2.05) is 0 Å². The number of carbonyl (C=O) groups is 2. The van der Waals surface area contributed by atoms with Gasteiger partial charge >= 0.3 is 0 Å². The van der Waals surface area contributed by atoms with E-state index < -0.39 is 11.9 Å². The Balaban J connectivity index is 2.43. The highest BCUT2D eigenvalue weighted by molar-refractivity contribution is 5.82. The predicted octanol–water partition coefficient (Wildman–Crippen LogP) is -2.05. The van der Waals surface area contributed by atoms with E-state index in [0.717, 1.165) is 5.56 Å². The number of rotatable bonds is 9. The van der Waals surface area contributed by atoms with Gasteiger partial charge in [-0.1, -0.05) is 0 Å². The van der Waals surface area contributed by atoms with Crippen molar-refractivity contribution < 1.29 is 14.2 Å². The second-order valence-corrected chi connectivity index (χ2v) is 5.04. The number of amides is 1. The molecule has 1 aromatic rings. The van der Waals surface area contributed by atoms with E-state index in [1.54, 1.807) is 29.1 Å². The molecule has 0 bridgehead atoms. The number of nitrogens with zero attached hydrogens (tertiary/aromatic N) is 2. The molecule has 0 aromatic carbocycles. The average molecular weight is 307 g/mol. The van der Waals surface area contributed by atoms with Crippen molar-refractivity contribution in [2.24, 2.45) is 27.9 Å². The Morgan fingerprint density at radius 3 is 2.36 bits per heavy atom. The summed E-state index contributed by atoms with van der Waals surface area (Å²) in [7, 11) is 0. The van der Waals surface area contributed by atoms with Crippen LogP contribution in [-0.4, -0.2) is 30.2 Å². The summed E-state index contributed by atoms with van der Waals surface area (Å²) in [6, 6.07) is 2.96. The van der Waals surface area contributed by atoms with Crippen LogP contribution < -0.4 is 27.5 Å². The topological polar surface area (TPSA) is 154 Å². The molecule has 0 aliphatic carbocycles. The minimum atomic E-state index is -0.549. The molecule has 120 valence electrons. The summed E-state index contributed by atoms with van der Waals surface area (Å²) in [5.41, 5.74) is 22.2. The maximum atomic E-state index is 12.0. The molecule has 22 heavy (non-hydrogen) atoms. The summed E-state index contributed by atoms with van der Waals surface area (Å²) in [6.45, 7) is 0.637. The van der Waals surface area contributed by atoms with Crippen LogP contribution in [-0.2, 0) is 22.6 Å². The number of hydrogen-bond donors (Lipinski definition) is 4. The molecule has 0 fully saturated rings. The fourth-order valence-electron chi connectivity index (χ4n) is 1.89. The number of hydrogen-bond acceptors (Lipinski definition) is 4. The van der Waals surface area contributed by atoms with E-state index in [-0.39, 0.29) is 24.7 Å². The molecule has 8 N–H and O–H groups in total. The second kappa shape index (κ2) is 8.73. The molecule has 0 aliphatic rings. The first-order chi connectivity index (χ1) is 10.4. The molecule has 0 radical (unpaired) electrons. The molecule has 0 aliphatic heterocycles. The number of ketones is 1. The molecule has 1 amide bonds. The summed E-state index contributed by atoms with van der Waals surface area (Å²) in [6.07, 6.45) is 4.80. The van der Waals surface area contributed by atoms with E-state index in [9.17, 15) is 9.59 Å². The van der Waals surface area contributed by atoms with Gasteiger partial charge in [0, 0.05) is 18.7 Å². The first-order valence-corrected chi connectivity index (χ1v) is 6.98. The van der Waals surface area contributed by atoms with E-state index in [2.05, 4.69) is 4.99 Å². The van der Waals surface area contributed by atoms with Gasteiger partial charge in [0.05, 0.1) is 12.5 Å². The first kappa shape index (κ1) is 17.6. The highest BCUT2D eigenvalue weighted by Gasteiger charge is 2.17. The zero-order chi connectivity index (χ0) is 16.5. The molecule has 0 spiro atoms. The van der Waals surface area contributed by atoms with E-state index in [0.29, 0.717) is 19.4 Å². The maximum absolute atomic E-state index is 12.0. The van der Waals surface area contributed by atoms with Crippen molar-refractivity contribution in [2.45, 2.75) is 31.8 Å². The molecule has 8 heteroatoms. The quantitative estimate of drug-likeness (QED) is 0.179. The predicted molar refractivity (Wildman–Crippen MR) is 82.4 cm³/mol. The second-order valence-electron chi connectivity index (χ2n) is 5.04. The third-order valence-corrected chi connectivity index (χ3v) is 3.06. The number of aromatic nitrogens is 1. The number of primary amides is 1. The SMILES string of the molecule is NC(=O)Cc1cc[n+](CC(=O)[C@@H](N)CCCN=C(N)N)cc1. The number of pyridine rings is 1. The summed E-state index contributed by atoms with van der Waals surface area (Å²) >= 11 is 0. The lowest BCUT2D eigenvalue weighted by Crippen LogP contribution is -2.44. The first-order valence-electron chi connectivity index (χ1n) is 6.98. The lowest BCUT2D eigenvalue weighted by atomic mass is 10.1. The highest BCUT2D eigenvalue weighted by atomic mass is 16.1. The van der Waals surface area contributed by atoms with E-state index >= 15 is 0 Å². The average Bonchev–Trinajstić information content (AvgIpc) is 2.44. The van der Waals surface area contributed by atoms with Crippen LogP contribution in [0.5, 0.6) is 0 Å². The van der Waals surface area contributed by atoms with Crippen molar-refractivity contribution in [1.82, 2.24) is 0 Å². The van der Waals surface area contributed by atoms with Crippen molar-refractivity contribution in [1.29, 1.82) is 0 Å². The van der Waals surface area contributed by atoms with E-state index in [4.69, 9.17) is 22.9 Å². The van der Waals surface area contributed by atoms with Crippen LogP contribution in [0.2, 0.25) is 0 Å². The van der Waals surface area contributed by atoms with Crippen LogP contribution >= 0.6 is 0 Å². The Bertz CT molecular complexity index is 537. The Labute approximate surface area is 129 Å². The third-order valence-electron chi connectivity index (χ3n) is 3.06. The molecule has 0 saturated carbocycles. The van der Waals surface area contributed by atoms with Gasteiger partial charge in [0.2, 0.25) is 18.2 Å². The van der Waals surface area contributed by atoms with Gasteiger partial charge in [-0.05, 0) is 18.4 Å². The summed E-state index contributed by atoms with van der Waals surface area (Å²) in [5.74, 6) is -0.430. The summed E-state index contributed by atoms with van der Waals surface area (Å²) in [5, 5.41) is 0. The van der Waals surface area contributed by atoms with Crippen LogP contribution in [0.1, 0.15) is 18.4 Å². The third kappa shape index (κ3) is 6.80. The molecule has 0 saturated heterocycles. The van der Waals surface area contributed by atoms with Crippen LogP contribution in [0.4, 0.5) is 0 Å². The smallest absolute Gasteiger partial charge is 0.221 e. The lowest BCUT2D eigenvalue weighted by molar-refractivity contribution is -0.684. The number of carbonyl (C=O) groups excluding carboxylic acids is 2. The molecule has 1 rings (SSSR count). The van der Waals surface area contributed by atoms with Crippen molar-refractivity contribution in [3.8, 4) is 0 Å². The zero-order valence-electron chi connectivity index (χ0n) is 12.4. The monoisotopic (exact) mass is 307 g/mol. The summed E-state index contributed by atoms with van der Waals surface area (Å²) in [4.78, 5) is 26.6.